The Morgan fingerprint density at radius 2 is 0.672 bits per heavy atom. The Morgan fingerprint density at radius 1 is 0.239 bits per heavy atom. The van der Waals surface area contributed by atoms with E-state index in [0.29, 0.717) is 0 Å². The zero-order chi connectivity index (χ0) is 44.3. The molecular formula is C64H43N3. The van der Waals surface area contributed by atoms with Crippen LogP contribution in [-0.2, 0) is 0 Å². The van der Waals surface area contributed by atoms with Crippen LogP contribution in [0.4, 0.5) is 34.1 Å². The third-order valence-electron chi connectivity index (χ3n) is 13.5. The first-order chi connectivity index (χ1) is 33.2. The van der Waals surface area contributed by atoms with Gasteiger partial charge in [0.2, 0.25) is 0 Å². The first-order valence-electron chi connectivity index (χ1n) is 23.0. The van der Waals surface area contributed by atoms with E-state index in [4.69, 9.17) is 0 Å². The second kappa shape index (κ2) is 16.0. The fourth-order valence-electron chi connectivity index (χ4n) is 10.4. The van der Waals surface area contributed by atoms with Gasteiger partial charge >= 0.3 is 0 Å². The smallest absolute Gasteiger partial charge is 0.0553 e. The normalized spacial score (nSPS) is 11.6. The van der Waals surface area contributed by atoms with Gasteiger partial charge in [0.25, 0.3) is 0 Å². The molecule has 0 radical (unpaired) electrons. The van der Waals surface area contributed by atoms with Crippen LogP contribution < -0.4 is 9.80 Å². The summed E-state index contributed by atoms with van der Waals surface area (Å²) in [5, 5.41) is 10.3. The molecule has 1 aromatic heterocycles. The first-order valence-corrected chi connectivity index (χ1v) is 23.0. The molecule has 314 valence electrons. The van der Waals surface area contributed by atoms with E-state index in [1.807, 2.05) is 0 Å². The van der Waals surface area contributed by atoms with Crippen LogP contribution in [0.2, 0.25) is 0 Å². The maximum absolute atomic E-state index is 2.44. The van der Waals surface area contributed by atoms with Crippen molar-refractivity contribution in [1.82, 2.24) is 4.57 Å². The molecule has 12 aromatic carbocycles. The van der Waals surface area contributed by atoms with Crippen molar-refractivity contribution >= 4 is 88.2 Å². The Hall–Kier alpha value is -8.92. The molecule has 1 heterocycles. The molecule has 0 fully saturated rings. The number of rotatable bonds is 9. The summed E-state index contributed by atoms with van der Waals surface area (Å²) < 4.78 is 2.44. The molecule has 3 heteroatoms. The molecule has 0 aliphatic carbocycles. The molecule has 13 aromatic rings. The van der Waals surface area contributed by atoms with Crippen LogP contribution >= 0.6 is 0 Å². The van der Waals surface area contributed by atoms with Crippen molar-refractivity contribution < 1.29 is 0 Å². The van der Waals surface area contributed by atoms with Crippen LogP contribution in [0.25, 0.3) is 82.1 Å². The summed E-state index contributed by atoms with van der Waals surface area (Å²) in [6.07, 6.45) is 0. The molecule has 0 saturated carbocycles. The van der Waals surface area contributed by atoms with Gasteiger partial charge in [0.05, 0.1) is 11.0 Å². The molecule has 67 heavy (non-hydrogen) atoms. The predicted molar refractivity (Wildman–Crippen MR) is 285 cm³/mol. The van der Waals surface area contributed by atoms with Gasteiger partial charge in [0.1, 0.15) is 0 Å². The number of aromatic nitrogens is 1. The molecule has 0 atom stereocenters. The van der Waals surface area contributed by atoms with E-state index >= 15 is 0 Å². The fraction of sp³-hybridized carbons (Fsp3) is 0. The number of nitrogens with zero attached hydrogens (tertiary/aromatic N) is 3. The van der Waals surface area contributed by atoms with E-state index in [2.05, 4.69) is 275 Å². The number of hydrogen-bond acceptors (Lipinski definition) is 2. The molecule has 0 bridgehead atoms. The Balaban J connectivity index is 0.932. The molecule has 13 rings (SSSR count). The minimum atomic E-state index is 1.07. The largest absolute Gasteiger partial charge is 0.311 e. The van der Waals surface area contributed by atoms with Crippen molar-refractivity contribution in [1.29, 1.82) is 0 Å². The SMILES string of the molecule is c1ccc(-c2ccc(N(c3ccc(-c4ccc5c(c4)c4c6ccc7cccc8ccc(cc4n5-c4ccccc4)c6c87)cc3)c3ccc(N(c4ccccc4)c4ccccc4)cc3)cc2)cc1. The zero-order valence-corrected chi connectivity index (χ0v) is 36.7. The third kappa shape index (κ3) is 6.59. The second-order valence-electron chi connectivity index (χ2n) is 17.3. The highest BCUT2D eigenvalue weighted by Gasteiger charge is 2.21. The van der Waals surface area contributed by atoms with Crippen LogP contribution in [0.15, 0.2) is 261 Å². The Morgan fingerprint density at radius 3 is 1.24 bits per heavy atom. The van der Waals surface area contributed by atoms with Crippen LogP contribution in [0.5, 0.6) is 0 Å². The summed E-state index contributed by atoms with van der Waals surface area (Å²) in [6.45, 7) is 0. The van der Waals surface area contributed by atoms with Gasteiger partial charge in [0.15, 0.2) is 0 Å². The van der Waals surface area contributed by atoms with Crippen molar-refractivity contribution in [3.05, 3.63) is 261 Å². The lowest BCUT2D eigenvalue weighted by Crippen LogP contribution is -2.12. The molecule has 0 spiro atoms. The summed E-state index contributed by atoms with van der Waals surface area (Å²) in [6, 6.07) is 94.7. The molecule has 0 N–H and O–H groups in total. The second-order valence-corrected chi connectivity index (χ2v) is 17.3. The summed E-state index contributed by atoms with van der Waals surface area (Å²) in [5.41, 5.74) is 14.9. The summed E-state index contributed by atoms with van der Waals surface area (Å²) in [7, 11) is 0. The summed E-state index contributed by atoms with van der Waals surface area (Å²) >= 11 is 0. The monoisotopic (exact) mass is 853 g/mol. The maximum atomic E-state index is 2.44. The highest BCUT2D eigenvalue weighted by molar-refractivity contribution is 6.33. The number of hydrogen-bond donors (Lipinski definition) is 0. The van der Waals surface area contributed by atoms with Crippen molar-refractivity contribution in [3.8, 4) is 27.9 Å². The predicted octanol–water partition coefficient (Wildman–Crippen LogP) is 18.0. The lowest BCUT2D eigenvalue weighted by Gasteiger charge is -2.28. The van der Waals surface area contributed by atoms with E-state index in [9.17, 15) is 0 Å². The van der Waals surface area contributed by atoms with Gasteiger partial charge in [-0.2, -0.15) is 0 Å². The van der Waals surface area contributed by atoms with Crippen molar-refractivity contribution in [2.75, 3.05) is 9.80 Å². The van der Waals surface area contributed by atoms with E-state index in [1.54, 1.807) is 0 Å². The highest BCUT2D eigenvalue weighted by atomic mass is 15.2. The van der Waals surface area contributed by atoms with E-state index in [0.717, 1.165) is 39.8 Å². The van der Waals surface area contributed by atoms with Crippen LogP contribution in [0, 0.1) is 0 Å². The topological polar surface area (TPSA) is 11.4 Å². The van der Waals surface area contributed by atoms with Crippen molar-refractivity contribution in [2.45, 2.75) is 0 Å². The average molecular weight is 854 g/mol. The van der Waals surface area contributed by atoms with E-state index < -0.39 is 0 Å². The van der Waals surface area contributed by atoms with E-state index in [-0.39, 0.29) is 0 Å². The Kier molecular flexibility index (Phi) is 9.17. The summed E-state index contributed by atoms with van der Waals surface area (Å²) in [5.74, 6) is 0. The molecule has 3 nitrogen and oxygen atoms in total. The van der Waals surface area contributed by atoms with Gasteiger partial charge < -0.3 is 14.4 Å². The molecule has 0 saturated heterocycles. The quantitative estimate of drug-likeness (QED) is 0.134. The Labute approximate surface area is 389 Å². The Bertz CT molecular complexity index is 3810. The summed E-state index contributed by atoms with van der Waals surface area (Å²) in [4.78, 5) is 4.66. The molecule has 0 aliphatic heterocycles. The van der Waals surface area contributed by atoms with Gasteiger partial charge in [-0.3, -0.25) is 0 Å². The lowest BCUT2D eigenvalue weighted by molar-refractivity contribution is 1.18. The number of para-hydroxylation sites is 3. The van der Waals surface area contributed by atoms with Crippen molar-refractivity contribution in [2.24, 2.45) is 0 Å². The van der Waals surface area contributed by atoms with Crippen LogP contribution in [0.1, 0.15) is 0 Å². The molecule has 0 aliphatic rings. The third-order valence-corrected chi connectivity index (χ3v) is 13.5. The minimum absolute atomic E-state index is 1.07. The number of benzene rings is 12. The van der Waals surface area contributed by atoms with Gasteiger partial charge in [-0.1, -0.05) is 158 Å². The molecule has 0 amide bonds. The van der Waals surface area contributed by atoms with Gasteiger partial charge in [-0.15, -0.1) is 0 Å². The number of fused-ring (bicyclic) bond motifs is 4. The molecule has 0 unspecified atom stereocenters. The van der Waals surface area contributed by atoms with Crippen molar-refractivity contribution in [3.63, 3.8) is 0 Å². The minimum Gasteiger partial charge on any atom is -0.311 e. The zero-order valence-electron chi connectivity index (χ0n) is 36.7. The first kappa shape index (κ1) is 38.5. The van der Waals surface area contributed by atoms with Crippen LogP contribution in [-0.4, -0.2) is 4.57 Å². The number of anilines is 6. The van der Waals surface area contributed by atoms with Gasteiger partial charge in [-0.05, 0) is 158 Å². The van der Waals surface area contributed by atoms with E-state index in [1.165, 1.54) is 76.4 Å². The fourth-order valence-corrected chi connectivity index (χ4v) is 10.4. The van der Waals surface area contributed by atoms with Gasteiger partial charge in [0, 0.05) is 50.6 Å². The highest BCUT2D eigenvalue weighted by Crippen LogP contribution is 2.45. The molecular weight excluding hydrogens is 811 g/mol. The lowest BCUT2D eigenvalue weighted by atomic mass is 9.91. The maximum Gasteiger partial charge on any atom is 0.0553 e. The standard InChI is InChI=1S/C64H43N3/c1-5-14-44(15-6-1)45-26-32-54(33-27-45)66(57-38-36-56(37-39-57)65(51-18-7-2-8-19-51)52-20-9-3-10-21-52)55-34-28-46(29-35-55)49-31-41-60-59(42-49)64-58-40-30-48-17-13-16-47-24-25-50(63(58)62(47)48)43-61(64)67(60)53-22-11-4-12-23-53/h1-43H. The van der Waals surface area contributed by atoms with Crippen LogP contribution in [0.3, 0.4) is 0 Å². The van der Waals surface area contributed by atoms with Gasteiger partial charge in [-0.25, -0.2) is 0 Å². The average Bonchev–Trinajstić information content (AvgIpc) is 3.73.